The molecule has 0 atom stereocenters. The third-order valence-electron chi connectivity index (χ3n) is 2.46. The van der Waals surface area contributed by atoms with Gasteiger partial charge in [-0.25, -0.2) is 10.8 Å². The van der Waals surface area contributed by atoms with E-state index in [2.05, 4.69) is 10.4 Å². The first kappa shape index (κ1) is 12.7. The molecule has 0 saturated carbocycles. The molecule has 1 aromatic heterocycles. The van der Waals surface area contributed by atoms with Gasteiger partial charge >= 0.3 is 0 Å². The van der Waals surface area contributed by atoms with Crippen molar-refractivity contribution in [3.63, 3.8) is 0 Å². The van der Waals surface area contributed by atoms with Crippen molar-refractivity contribution in [3.8, 4) is 5.75 Å². The van der Waals surface area contributed by atoms with Crippen molar-refractivity contribution in [2.45, 2.75) is 13.5 Å². The summed E-state index contributed by atoms with van der Waals surface area (Å²) in [5.74, 6) is 6.64. The highest BCUT2D eigenvalue weighted by Gasteiger charge is 2.04. The second-order valence-electron chi connectivity index (χ2n) is 3.87. The second-order valence-corrected chi connectivity index (χ2v) is 4.28. The van der Waals surface area contributed by atoms with Crippen LogP contribution >= 0.6 is 11.6 Å². The van der Waals surface area contributed by atoms with Crippen LogP contribution in [-0.4, -0.2) is 4.98 Å². The molecule has 0 aliphatic carbocycles. The van der Waals surface area contributed by atoms with Crippen molar-refractivity contribution >= 4 is 17.4 Å². The lowest BCUT2D eigenvalue weighted by molar-refractivity contribution is 0.301. The Bertz CT molecular complexity index is 528. The van der Waals surface area contributed by atoms with Gasteiger partial charge in [-0.05, 0) is 31.2 Å². The van der Waals surface area contributed by atoms with Gasteiger partial charge in [0.25, 0.3) is 0 Å². The highest BCUT2D eigenvalue weighted by Crippen LogP contribution is 2.19. The summed E-state index contributed by atoms with van der Waals surface area (Å²) in [6, 6.07) is 11.2. The molecule has 0 aliphatic heterocycles. The molecule has 0 saturated heterocycles. The van der Waals surface area contributed by atoms with Crippen molar-refractivity contribution in [1.82, 2.24) is 4.98 Å². The minimum Gasteiger partial charge on any atom is -0.487 e. The van der Waals surface area contributed by atoms with Gasteiger partial charge in [0.1, 0.15) is 18.2 Å². The van der Waals surface area contributed by atoms with Crippen LogP contribution in [0.3, 0.4) is 0 Å². The van der Waals surface area contributed by atoms with E-state index in [1.807, 2.05) is 31.2 Å². The quantitative estimate of drug-likeness (QED) is 0.658. The number of hydrogen-bond donors (Lipinski definition) is 2. The number of nitrogens with two attached hydrogens (primary N) is 1. The normalized spacial score (nSPS) is 10.2. The van der Waals surface area contributed by atoms with Gasteiger partial charge in [-0.3, -0.25) is 0 Å². The van der Waals surface area contributed by atoms with Crippen LogP contribution in [0.1, 0.15) is 11.3 Å². The zero-order valence-corrected chi connectivity index (χ0v) is 10.7. The van der Waals surface area contributed by atoms with E-state index in [1.165, 1.54) is 5.56 Å². The van der Waals surface area contributed by atoms with Crippen molar-refractivity contribution in [3.05, 3.63) is 52.7 Å². The molecular weight excluding hydrogens is 250 g/mol. The molecular formula is C13H14ClN3O. The molecule has 0 fully saturated rings. The number of aryl methyl sites for hydroxylation is 1. The largest absolute Gasteiger partial charge is 0.487 e. The summed E-state index contributed by atoms with van der Waals surface area (Å²) >= 11 is 6.03. The van der Waals surface area contributed by atoms with E-state index in [0.29, 0.717) is 23.1 Å². The van der Waals surface area contributed by atoms with E-state index in [4.69, 9.17) is 22.2 Å². The van der Waals surface area contributed by atoms with E-state index < -0.39 is 0 Å². The Morgan fingerprint density at radius 2 is 1.94 bits per heavy atom. The average molecular weight is 264 g/mol. The fraction of sp³-hybridized carbons (Fsp3) is 0.154. The number of hydrogen-bond acceptors (Lipinski definition) is 4. The van der Waals surface area contributed by atoms with Crippen molar-refractivity contribution < 1.29 is 4.74 Å². The number of rotatable bonds is 4. The Kier molecular flexibility index (Phi) is 4.02. The average Bonchev–Trinajstić information content (AvgIpc) is 2.40. The maximum Gasteiger partial charge on any atom is 0.140 e. The van der Waals surface area contributed by atoms with E-state index in [0.717, 1.165) is 5.75 Å². The fourth-order valence-electron chi connectivity index (χ4n) is 1.45. The SMILES string of the molecule is Cc1ccc(OCc2nc(NN)ccc2Cl)cc1. The molecule has 0 unspecified atom stereocenters. The number of anilines is 1. The molecule has 18 heavy (non-hydrogen) atoms. The maximum atomic E-state index is 6.03. The minimum absolute atomic E-state index is 0.303. The fourth-order valence-corrected chi connectivity index (χ4v) is 1.61. The number of nitrogens with zero attached hydrogens (tertiary/aromatic N) is 1. The summed E-state index contributed by atoms with van der Waals surface area (Å²) in [6.45, 7) is 2.33. The molecule has 2 aromatic rings. The first-order valence-electron chi connectivity index (χ1n) is 5.50. The van der Waals surface area contributed by atoms with Crippen molar-refractivity contribution in [2.24, 2.45) is 5.84 Å². The number of aromatic nitrogens is 1. The molecule has 94 valence electrons. The van der Waals surface area contributed by atoms with Crippen LogP contribution in [0.2, 0.25) is 5.02 Å². The van der Waals surface area contributed by atoms with Gasteiger partial charge in [0.2, 0.25) is 0 Å². The maximum absolute atomic E-state index is 6.03. The molecule has 5 heteroatoms. The van der Waals surface area contributed by atoms with Crippen LogP contribution in [0.25, 0.3) is 0 Å². The standard InChI is InChI=1S/C13H14ClN3O/c1-9-2-4-10(5-3-9)18-8-12-11(14)6-7-13(16-12)17-15/h2-7H,8,15H2,1H3,(H,16,17). The Morgan fingerprint density at radius 3 is 2.61 bits per heavy atom. The molecule has 4 nitrogen and oxygen atoms in total. The second kappa shape index (κ2) is 5.71. The third-order valence-corrected chi connectivity index (χ3v) is 2.81. The van der Waals surface area contributed by atoms with Crippen LogP contribution in [-0.2, 0) is 6.61 Å². The summed E-state index contributed by atoms with van der Waals surface area (Å²) in [7, 11) is 0. The van der Waals surface area contributed by atoms with Crippen LogP contribution in [0.15, 0.2) is 36.4 Å². The Hall–Kier alpha value is -1.78. The van der Waals surface area contributed by atoms with Gasteiger partial charge in [-0.2, -0.15) is 0 Å². The van der Waals surface area contributed by atoms with Gasteiger partial charge in [-0.1, -0.05) is 29.3 Å². The van der Waals surface area contributed by atoms with Gasteiger partial charge in [0, 0.05) is 0 Å². The van der Waals surface area contributed by atoms with Gasteiger partial charge in [-0.15, -0.1) is 0 Å². The van der Waals surface area contributed by atoms with Crippen LogP contribution in [0.5, 0.6) is 5.75 Å². The van der Waals surface area contributed by atoms with Crippen LogP contribution in [0, 0.1) is 6.92 Å². The Balaban J connectivity index is 2.07. The number of ether oxygens (including phenoxy) is 1. The predicted molar refractivity (Wildman–Crippen MR) is 72.6 cm³/mol. The summed E-state index contributed by atoms with van der Waals surface area (Å²) in [6.07, 6.45) is 0. The van der Waals surface area contributed by atoms with Gasteiger partial charge in [0.15, 0.2) is 0 Å². The van der Waals surface area contributed by atoms with E-state index in [-0.39, 0.29) is 0 Å². The lowest BCUT2D eigenvalue weighted by atomic mass is 10.2. The summed E-state index contributed by atoms with van der Waals surface area (Å²) in [5.41, 5.74) is 4.31. The molecule has 0 aliphatic rings. The first-order valence-corrected chi connectivity index (χ1v) is 5.88. The molecule has 3 N–H and O–H groups in total. The van der Waals surface area contributed by atoms with Crippen LogP contribution in [0.4, 0.5) is 5.82 Å². The van der Waals surface area contributed by atoms with E-state index in [9.17, 15) is 0 Å². The monoisotopic (exact) mass is 263 g/mol. The third kappa shape index (κ3) is 3.12. The van der Waals surface area contributed by atoms with Crippen molar-refractivity contribution in [2.75, 3.05) is 5.43 Å². The number of hydrazine groups is 1. The van der Waals surface area contributed by atoms with Gasteiger partial charge in [0.05, 0.1) is 10.7 Å². The Labute approximate surface area is 111 Å². The van der Waals surface area contributed by atoms with Gasteiger partial charge < -0.3 is 10.2 Å². The van der Waals surface area contributed by atoms with Crippen molar-refractivity contribution in [1.29, 1.82) is 0 Å². The highest BCUT2D eigenvalue weighted by molar-refractivity contribution is 6.31. The Morgan fingerprint density at radius 1 is 1.22 bits per heavy atom. The lowest BCUT2D eigenvalue weighted by Gasteiger charge is -2.08. The molecule has 0 radical (unpaired) electrons. The number of nitrogen functional groups attached to an aromatic ring is 1. The summed E-state index contributed by atoms with van der Waals surface area (Å²) < 4.78 is 5.61. The first-order chi connectivity index (χ1) is 8.69. The molecule has 0 amide bonds. The summed E-state index contributed by atoms with van der Waals surface area (Å²) in [4.78, 5) is 4.23. The number of nitrogens with one attached hydrogen (secondary N) is 1. The molecule has 2 rings (SSSR count). The van der Waals surface area contributed by atoms with E-state index in [1.54, 1.807) is 12.1 Å². The number of benzene rings is 1. The number of pyridine rings is 1. The topological polar surface area (TPSA) is 60.2 Å². The predicted octanol–water partition coefficient (Wildman–Crippen LogP) is 2.91. The molecule has 0 bridgehead atoms. The smallest absolute Gasteiger partial charge is 0.140 e. The lowest BCUT2D eigenvalue weighted by Crippen LogP contribution is -2.10. The minimum atomic E-state index is 0.303. The molecule has 1 heterocycles. The zero-order chi connectivity index (χ0) is 13.0. The number of halogens is 1. The van der Waals surface area contributed by atoms with E-state index >= 15 is 0 Å². The highest BCUT2D eigenvalue weighted by atomic mass is 35.5. The molecule has 0 spiro atoms. The molecule has 1 aromatic carbocycles. The van der Waals surface area contributed by atoms with Crippen LogP contribution < -0.4 is 16.0 Å². The summed E-state index contributed by atoms with van der Waals surface area (Å²) in [5, 5.41) is 0.557. The zero-order valence-electron chi connectivity index (χ0n) is 9.98.